The number of hydrogen-bond acceptors (Lipinski definition) is 3. The average molecular weight is 239 g/mol. The Morgan fingerprint density at radius 2 is 1.76 bits per heavy atom. The summed E-state index contributed by atoms with van der Waals surface area (Å²) in [5.41, 5.74) is -0.330. The fourth-order valence-electron chi connectivity index (χ4n) is 3.37. The van der Waals surface area contributed by atoms with E-state index in [0.29, 0.717) is 6.42 Å². The minimum absolute atomic E-state index is 0.0716. The molecule has 2 bridgehead atoms. The number of amides is 1. The average Bonchev–Trinajstić information content (AvgIpc) is 1.92. The maximum absolute atomic E-state index is 11.6. The molecule has 96 valence electrons. The van der Waals surface area contributed by atoms with Gasteiger partial charge in [0.15, 0.2) is 0 Å². The summed E-state index contributed by atoms with van der Waals surface area (Å²) in [6.07, 6.45) is 3.11. The molecule has 3 saturated carbocycles. The number of ether oxygens (including phenoxy) is 1. The Kier molecular flexibility index (Phi) is 2.53. The third kappa shape index (κ3) is 2.45. The van der Waals surface area contributed by atoms with Crippen molar-refractivity contribution in [3.63, 3.8) is 0 Å². The minimum atomic E-state index is -0.454. The first-order valence-electron chi connectivity index (χ1n) is 6.14. The molecule has 0 unspecified atom stereocenters. The van der Waals surface area contributed by atoms with E-state index in [2.05, 4.69) is 5.32 Å². The number of nitrogens with one attached hydrogen (secondary N) is 1. The topological polar surface area (TPSA) is 55.4 Å². The summed E-state index contributed by atoms with van der Waals surface area (Å²) in [7, 11) is 0. The third-order valence-corrected chi connectivity index (χ3v) is 3.53. The lowest BCUT2D eigenvalue weighted by Crippen LogP contribution is -2.75. The summed E-state index contributed by atoms with van der Waals surface area (Å²) in [5, 5.41) is 2.94. The first-order valence-corrected chi connectivity index (χ1v) is 6.14. The number of carbonyl (C=O) groups excluding carboxylic acids is 2. The maximum Gasteiger partial charge on any atom is 0.408 e. The zero-order valence-corrected chi connectivity index (χ0v) is 11.1. The van der Waals surface area contributed by atoms with Crippen LogP contribution in [0.25, 0.3) is 0 Å². The van der Waals surface area contributed by atoms with Crippen molar-refractivity contribution in [2.45, 2.75) is 64.5 Å². The highest BCUT2D eigenvalue weighted by Gasteiger charge is 2.68. The van der Waals surface area contributed by atoms with Crippen LogP contribution in [0.3, 0.4) is 0 Å². The van der Waals surface area contributed by atoms with Crippen molar-refractivity contribution in [1.82, 2.24) is 5.32 Å². The van der Waals surface area contributed by atoms with Crippen molar-refractivity contribution in [1.29, 1.82) is 0 Å². The molecule has 0 radical (unpaired) electrons. The monoisotopic (exact) mass is 239 g/mol. The summed E-state index contributed by atoms with van der Waals surface area (Å²) in [6.45, 7) is 7.19. The Morgan fingerprint density at radius 3 is 2.18 bits per heavy atom. The Hall–Kier alpha value is -1.06. The lowest BCUT2D eigenvalue weighted by atomic mass is 9.38. The number of alkyl carbamates (subject to hydrolysis) is 1. The van der Waals surface area contributed by atoms with Crippen LogP contribution in [-0.4, -0.2) is 23.0 Å². The van der Waals surface area contributed by atoms with Crippen LogP contribution in [0.4, 0.5) is 4.79 Å². The molecule has 0 atom stereocenters. The predicted octanol–water partition coefficient (Wildman–Crippen LogP) is 2.41. The summed E-state index contributed by atoms with van der Waals surface area (Å²) in [6, 6.07) is 0. The molecular formula is C13H21NO3. The SMILES string of the molecule is CC(=O)CC12CC(NC(=O)OC(C)(C)C)(C1)C2. The van der Waals surface area contributed by atoms with E-state index >= 15 is 0 Å². The van der Waals surface area contributed by atoms with Crippen LogP contribution in [-0.2, 0) is 9.53 Å². The molecule has 4 nitrogen and oxygen atoms in total. The van der Waals surface area contributed by atoms with Crippen LogP contribution >= 0.6 is 0 Å². The van der Waals surface area contributed by atoms with Gasteiger partial charge in [0.1, 0.15) is 11.4 Å². The first-order chi connectivity index (χ1) is 7.64. The number of Topliss-reactive ketones (excluding diaryl/α,β-unsaturated/α-hetero) is 1. The second-order valence-corrected chi connectivity index (χ2v) is 6.82. The highest BCUT2D eigenvalue weighted by atomic mass is 16.6. The van der Waals surface area contributed by atoms with E-state index in [1.54, 1.807) is 6.92 Å². The van der Waals surface area contributed by atoms with E-state index in [9.17, 15) is 9.59 Å². The minimum Gasteiger partial charge on any atom is -0.444 e. The largest absolute Gasteiger partial charge is 0.444 e. The molecule has 0 spiro atoms. The standard InChI is InChI=1S/C13H21NO3/c1-9(15)5-12-6-13(7-12,8-12)14-10(16)17-11(2,3)4/h5-8H2,1-4H3,(H,14,16). The number of rotatable bonds is 3. The van der Waals surface area contributed by atoms with Gasteiger partial charge in [0.25, 0.3) is 0 Å². The van der Waals surface area contributed by atoms with Crippen molar-refractivity contribution >= 4 is 11.9 Å². The van der Waals surface area contributed by atoms with Gasteiger partial charge < -0.3 is 14.8 Å². The van der Waals surface area contributed by atoms with Gasteiger partial charge in [-0.25, -0.2) is 4.79 Å². The van der Waals surface area contributed by atoms with E-state index in [0.717, 1.165) is 19.3 Å². The molecule has 4 heteroatoms. The zero-order chi connectivity index (χ0) is 12.9. The van der Waals surface area contributed by atoms with Gasteiger partial charge in [0.05, 0.1) is 0 Å². The van der Waals surface area contributed by atoms with Gasteiger partial charge in [-0.15, -0.1) is 0 Å². The zero-order valence-electron chi connectivity index (χ0n) is 11.1. The van der Waals surface area contributed by atoms with Gasteiger partial charge in [-0.1, -0.05) is 0 Å². The normalized spacial score (nSPS) is 34.4. The number of ketones is 1. The number of carbonyl (C=O) groups is 2. The molecule has 0 aromatic carbocycles. The summed E-state index contributed by atoms with van der Waals surface area (Å²) in [4.78, 5) is 22.7. The number of hydrogen-bond donors (Lipinski definition) is 1. The Balaban J connectivity index is 1.78. The second kappa shape index (κ2) is 3.47. The van der Waals surface area contributed by atoms with Gasteiger partial charge in [0, 0.05) is 12.0 Å². The molecule has 0 saturated heterocycles. The molecule has 0 aliphatic heterocycles. The van der Waals surface area contributed by atoms with Gasteiger partial charge in [-0.3, -0.25) is 0 Å². The molecule has 0 aromatic rings. The summed E-state index contributed by atoms with van der Waals surface area (Å²) >= 11 is 0. The van der Waals surface area contributed by atoms with Crippen LogP contribution in [0.1, 0.15) is 53.4 Å². The van der Waals surface area contributed by atoms with Crippen molar-refractivity contribution in [3.8, 4) is 0 Å². The van der Waals surface area contributed by atoms with Crippen LogP contribution in [0.15, 0.2) is 0 Å². The van der Waals surface area contributed by atoms with E-state index in [-0.39, 0.29) is 22.8 Å². The smallest absolute Gasteiger partial charge is 0.408 e. The molecule has 1 amide bonds. The Labute approximate surface area is 102 Å². The van der Waals surface area contributed by atoms with Crippen molar-refractivity contribution in [2.75, 3.05) is 0 Å². The maximum atomic E-state index is 11.6. The molecule has 3 aliphatic rings. The van der Waals surface area contributed by atoms with Gasteiger partial charge in [0.2, 0.25) is 0 Å². The molecule has 1 N–H and O–H groups in total. The van der Waals surface area contributed by atoms with Crippen molar-refractivity contribution in [3.05, 3.63) is 0 Å². The quantitative estimate of drug-likeness (QED) is 0.822. The highest BCUT2D eigenvalue weighted by molar-refractivity contribution is 5.77. The van der Waals surface area contributed by atoms with E-state index < -0.39 is 5.60 Å². The lowest BCUT2D eigenvalue weighted by Gasteiger charge is -2.70. The third-order valence-electron chi connectivity index (χ3n) is 3.53. The molecule has 0 aromatic heterocycles. The molecule has 3 aliphatic carbocycles. The van der Waals surface area contributed by atoms with Crippen LogP contribution in [0, 0.1) is 5.41 Å². The van der Waals surface area contributed by atoms with Crippen molar-refractivity contribution < 1.29 is 14.3 Å². The van der Waals surface area contributed by atoms with Gasteiger partial charge >= 0.3 is 6.09 Å². The van der Waals surface area contributed by atoms with Crippen LogP contribution < -0.4 is 5.32 Å². The van der Waals surface area contributed by atoms with E-state index in [1.807, 2.05) is 20.8 Å². The lowest BCUT2D eigenvalue weighted by molar-refractivity contribution is -0.163. The first kappa shape index (κ1) is 12.4. The molecule has 17 heavy (non-hydrogen) atoms. The molecular weight excluding hydrogens is 218 g/mol. The molecule has 3 rings (SSSR count). The van der Waals surface area contributed by atoms with Gasteiger partial charge in [-0.05, 0) is 52.4 Å². The Morgan fingerprint density at radius 1 is 1.24 bits per heavy atom. The van der Waals surface area contributed by atoms with Crippen molar-refractivity contribution in [2.24, 2.45) is 5.41 Å². The van der Waals surface area contributed by atoms with E-state index in [4.69, 9.17) is 4.74 Å². The van der Waals surface area contributed by atoms with Gasteiger partial charge in [-0.2, -0.15) is 0 Å². The van der Waals surface area contributed by atoms with E-state index in [1.165, 1.54) is 0 Å². The fourth-order valence-corrected chi connectivity index (χ4v) is 3.37. The molecule has 0 heterocycles. The fraction of sp³-hybridized carbons (Fsp3) is 0.846. The van der Waals surface area contributed by atoms with Crippen LogP contribution in [0.5, 0.6) is 0 Å². The van der Waals surface area contributed by atoms with Crippen LogP contribution in [0.2, 0.25) is 0 Å². The summed E-state index contributed by atoms with van der Waals surface area (Å²) < 4.78 is 5.23. The highest BCUT2D eigenvalue weighted by Crippen LogP contribution is 2.68. The second-order valence-electron chi connectivity index (χ2n) is 6.82. The predicted molar refractivity (Wildman–Crippen MR) is 63.7 cm³/mol. The Bertz CT molecular complexity index is 348. The molecule has 3 fully saturated rings. The summed E-state index contributed by atoms with van der Waals surface area (Å²) in [5.74, 6) is 0.246.